The van der Waals surface area contributed by atoms with Gasteiger partial charge in [-0.25, -0.2) is 9.50 Å². The Morgan fingerprint density at radius 1 is 1.20 bits per heavy atom. The molecule has 0 unspecified atom stereocenters. The Bertz CT molecular complexity index is 577. The highest BCUT2D eigenvalue weighted by atomic mass is 15.2. The van der Waals surface area contributed by atoms with Crippen LogP contribution in [0.15, 0.2) is 42.7 Å². The lowest BCUT2D eigenvalue weighted by Crippen LogP contribution is -1.88. The number of H-pyrrole nitrogens is 1. The van der Waals surface area contributed by atoms with Crippen LogP contribution in [-0.2, 0) is 0 Å². The molecule has 4 heteroatoms. The van der Waals surface area contributed by atoms with Gasteiger partial charge in [-0.1, -0.05) is 18.2 Å². The molecule has 0 bridgehead atoms. The summed E-state index contributed by atoms with van der Waals surface area (Å²) in [6.07, 6.45) is 3.78. The average Bonchev–Trinajstić information content (AvgIpc) is 2.77. The zero-order chi connectivity index (χ0) is 10.3. The van der Waals surface area contributed by atoms with Gasteiger partial charge in [0.2, 0.25) is 0 Å². The van der Waals surface area contributed by atoms with Crippen LogP contribution in [0.2, 0.25) is 0 Å². The zero-order valence-corrected chi connectivity index (χ0v) is 8.01. The standard InChI is InChI=1S/C11H10N4/c12-9-4-2-1-3-8(9)10-7-15-11(14-10)5-6-13-15/h1-7,13H,12H2. The van der Waals surface area contributed by atoms with Gasteiger partial charge >= 0.3 is 0 Å². The summed E-state index contributed by atoms with van der Waals surface area (Å²) in [6.45, 7) is 0. The number of nitrogens with two attached hydrogens (primary N) is 1. The Morgan fingerprint density at radius 2 is 2.07 bits per heavy atom. The molecule has 0 aliphatic rings. The van der Waals surface area contributed by atoms with E-state index in [4.69, 9.17) is 5.73 Å². The van der Waals surface area contributed by atoms with Crippen LogP contribution in [0.5, 0.6) is 0 Å². The highest BCUT2D eigenvalue weighted by molar-refractivity contribution is 5.74. The number of nitrogens with one attached hydrogen (secondary N) is 1. The van der Waals surface area contributed by atoms with Gasteiger partial charge in [-0.2, -0.15) is 0 Å². The first-order valence-corrected chi connectivity index (χ1v) is 4.72. The molecular weight excluding hydrogens is 188 g/mol. The van der Waals surface area contributed by atoms with E-state index >= 15 is 0 Å². The molecule has 0 saturated carbocycles. The summed E-state index contributed by atoms with van der Waals surface area (Å²) >= 11 is 0. The summed E-state index contributed by atoms with van der Waals surface area (Å²) in [5, 5.41) is 3.04. The summed E-state index contributed by atoms with van der Waals surface area (Å²) in [5.41, 5.74) is 9.38. The second-order valence-corrected chi connectivity index (χ2v) is 3.40. The summed E-state index contributed by atoms with van der Waals surface area (Å²) in [5.74, 6) is 0. The summed E-state index contributed by atoms with van der Waals surface area (Å²) in [4.78, 5) is 4.46. The first kappa shape index (κ1) is 8.11. The predicted octanol–water partition coefficient (Wildman–Crippen LogP) is 1.91. The quantitative estimate of drug-likeness (QED) is 0.587. The molecule has 2 aromatic heterocycles. The fraction of sp³-hybridized carbons (Fsp3) is 0. The molecule has 0 atom stereocenters. The topological polar surface area (TPSA) is 59.1 Å². The van der Waals surface area contributed by atoms with E-state index in [9.17, 15) is 0 Å². The number of aromatic nitrogens is 3. The van der Waals surface area contributed by atoms with E-state index < -0.39 is 0 Å². The third-order valence-electron chi connectivity index (χ3n) is 2.42. The fourth-order valence-electron chi connectivity index (χ4n) is 1.67. The van der Waals surface area contributed by atoms with Gasteiger partial charge < -0.3 is 10.8 Å². The second-order valence-electron chi connectivity index (χ2n) is 3.40. The van der Waals surface area contributed by atoms with Crippen LogP contribution >= 0.6 is 0 Å². The van der Waals surface area contributed by atoms with Crippen LogP contribution in [0, 0.1) is 0 Å². The average molecular weight is 198 g/mol. The van der Waals surface area contributed by atoms with Crippen LogP contribution in [0.3, 0.4) is 0 Å². The van der Waals surface area contributed by atoms with Gasteiger partial charge in [0, 0.05) is 23.5 Å². The molecule has 0 saturated heterocycles. The van der Waals surface area contributed by atoms with Crippen molar-refractivity contribution in [2.24, 2.45) is 0 Å². The number of benzene rings is 1. The molecular formula is C11H10N4. The van der Waals surface area contributed by atoms with Crippen molar-refractivity contribution >= 4 is 11.3 Å². The van der Waals surface area contributed by atoms with Crippen LogP contribution in [0.1, 0.15) is 0 Å². The van der Waals surface area contributed by atoms with Crippen LogP contribution in [0.4, 0.5) is 5.69 Å². The van der Waals surface area contributed by atoms with Gasteiger partial charge in [0.05, 0.1) is 11.9 Å². The van der Waals surface area contributed by atoms with E-state index in [1.165, 1.54) is 0 Å². The maximum absolute atomic E-state index is 5.88. The van der Waals surface area contributed by atoms with Crippen molar-refractivity contribution in [2.45, 2.75) is 0 Å². The molecule has 2 heterocycles. The molecule has 15 heavy (non-hydrogen) atoms. The van der Waals surface area contributed by atoms with Crippen LogP contribution in [0.25, 0.3) is 16.9 Å². The maximum Gasteiger partial charge on any atom is 0.153 e. The van der Waals surface area contributed by atoms with Crippen molar-refractivity contribution in [1.29, 1.82) is 0 Å². The smallest absolute Gasteiger partial charge is 0.153 e. The Kier molecular flexibility index (Phi) is 1.56. The van der Waals surface area contributed by atoms with Crippen molar-refractivity contribution < 1.29 is 0 Å². The van der Waals surface area contributed by atoms with Gasteiger partial charge in [0.25, 0.3) is 0 Å². The lowest BCUT2D eigenvalue weighted by Gasteiger charge is -1.99. The van der Waals surface area contributed by atoms with Crippen LogP contribution < -0.4 is 5.73 Å². The minimum atomic E-state index is 0.748. The molecule has 0 fully saturated rings. The normalized spacial score (nSPS) is 10.9. The van der Waals surface area contributed by atoms with Crippen molar-refractivity contribution in [3.8, 4) is 11.3 Å². The molecule has 74 valence electrons. The zero-order valence-electron chi connectivity index (χ0n) is 8.01. The van der Waals surface area contributed by atoms with E-state index in [1.807, 2.05) is 47.2 Å². The first-order valence-electron chi connectivity index (χ1n) is 4.72. The molecule has 3 aromatic rings. The second kappa shape index (κ2) is 2.88. The molecule has 0 spiro atoms. The van der Waals surface area contributed by atoms with E-state index in [0.29, 0.717) is 0 Å². The Balaban J connectivity index is 2.22. The maximum atomic E-state index is 5.88. The number of imidazole rings is 1. The number of nitrogens with zero attached hydrogens (tertiary/aromatic N) is 2. The first-order chi connectivity index (χ1) is 7.34. The molecule has 0 aliphatic heterocycles. The minimum absolute atomic E-state index is 0.748. The van der Waals surface area contributed by atoms with Crippen LogP contribution in [-0.4, -0.2) is 14.6 Å². The number of rotatable bonds is 1. The Labute approximate surface area is 86.3 Å². The molecule has 0 amide bonds. The Morgan fingerprint density at radius 3 is 2.87 bits per heavy atom. The van der Waals surface area contributed by atoms with Gasteiger partial charge in [0.15, 0.2) is 5.65 Å². The number of hydrogen-bond donors (Lipinski definition) is 2. The fourth-order valence-corrected chi connectivity index (χ4v) is 1.67. The summed E-state index contributed by atoms with van der Waals surface area (Å²) in [7, 11) is 0. The molecule has 0 radical (unpaired) electrons. The number of fused-ring (bicyclic) bond motifs is 1. The number of hydrogen-bond acceptors (Lipinski definition) is 2. The highest BCUT2D eigenvalue weighted by Gasteiger charge is 2.06. The van der Waals surface area contributed by atoms with Gasteiger partial charge in [-0.3, -0.25) is 0 Å². The molecule has 1 aromatic carbocycles. The Hall–Kier alpha value is -2.23. The van der Waals surface area contributed by atoms with Crippen molar-refractivity contribution in [2.75, 3.05) is 5.73 Å². The minimum Gasteiger partial charge on any atom is -0.398 e. The molecule has 4 nitrogen and oxygen atoms in total. The summed E-state index contributed by atoms with van der Waals surface area (Å²) in [6, 6.07) is 9.64. The van der Waals surface area contributed by atoms with Gasteiger partial charge in [0.1, 0.15) is 0 Å². The van der Waals surface area contributed by atoms with Gasteiger partial charge in [-0.15, -0.1) is 0 Å². The van der Waals surface area contributed by atoms with Crippen molar-refractivity contribution in [1.82, 2.24) is 14.6 Å². The monoisotopic (exact) mass is 198 g/mol. The lowest BCUT2D eigenvalue weighted by molar-refractivity contribution is 0.974. The van der Waals surface area contributed by atoms with E-state index in [2.05, 4.69) is 10.1 Å². The van der Waals surface area contributed by atoms with Gasteiger partial charge in [-0.05, 0) is 6.07 Å². The van der Waals surface area contributed by atoms with Crippen molar-refractivity contribution in [3.05, 3.63) is 42.7 Å². The van der Waals surface area contributed by atoms with E-state index in [1.54, 1.807) is 0 Å². The molecule has 0 aliphatic carbocycles. The number of anilines is 1. The van der Waals surface area contributed by atoms with E-state index in [-0.39, 0.29) is 0 Å². The van der Waals surface area contributed by atoms with Crippen molar-refractivity contribution in [3.63, 3.8) is 0 Å². The number of nitrogen functional groups attached to an aromatic ring is 1. The largest absolute Gasteiger partial charge is 0.398 e. The third kappa shape index (κ3) is 1.19. The summed E-state index contributed by atoms with van der Waals surface area (Å²) < 4.78 is 1.86. The lowest BCUT2D eigenvalue weighted by atomic mass is 10.1. The number of aromatic amines is 1. The highest BCUT2D eigenvalue weighted by Crippen LogP contribution is 2.24. The number of para-hydroxylation sites is 1. The SMILES string of the molecule is Nc1ccccc1-c1cn2[nH]ccc2n1. The molecule has 3 N–H and O–H groups in total. The molecule has 3 rings (SSSR count). The predicted molar refractivity (Wildman–Crippen MR) is 59.4 cm³/mol. The third-order valence-corrected chi connectivity index (χ3v) is 2.42. The van der Waals surface area contributed by atoms with E-state index in [0.717, 1.165) is 22.6 Å².